The van der Waals surface area contributed by atoms with Crippen molar-refractivity contribution in [2.24, 2.45) is 17.4 Å². The van der Waals surface area contributed by atoms with Crippen LogP contribution in [0.4, 0.5) is 0 Å². The third kappa shape index (κ3) is 5.94. The molecule has 0 aromatic rings. The summed E-state index contributed by atoms with van der Waals surface area (Å²) in [7, 11) is 0. The lowest BCUT2D eigenvalue weighted by atomic mass is 9.91. The number of rotatable bonds is 9. The minimum Gasteiger partial charge on any atom is -0.394 e. The number of primary amides is 2. The third-order valence-electron chi connectivity index (χ3n) is 2.70. The zero-order chi connectivity index (χ0) is 15.2. The molecule has 9 nitrogen and oxygen atoms in total. The van der Waals surface area contributed by atoms with Crippen LogP contribution in [0.5, 0.6) is 0 Å². The Bertz CT molecular complexity index is 312. The van der Waals surface area contributed by atoms with Crippen molar-refractivity contribution in [1.29, 1.82) is 0 Å². The number of aliphatic hydroxyl groups excluding tert-OH is 5. The molecule has 5 atom stereocenters. The molecule has 0 saturated heterocycles. The third-order valence-corrected chi connectivity index (χ3v) is 2.70. The lowest BCUT2D eigenvalue weighted by Crippen LogP contribution is -2.47. The highest BCUT2D eigenvalue weighted by Gasteiger charge is 2.33. The molecule has 0 aliphatic rings. The zero-order valence-electron chi connectivity index (χ0n) is 10.2. The first-order chi connectivity index (χ1) is 8.70. The van der Waals surface area contributed by atoms with Crippen molar-refractivity contribution in [3.63, 3.8) is 0 Å². The summed E-state index contributed by atoms with van der Waals surface area (Å²) in [6, 6.07) is 0. The van der Waals surface area contributed by atoms with Crippen LogP contribution < -0.4 is 11.5 Å². The van der Waals surface area contributed by atoms with Gasteiger partial charge < -0.3 is 37.0 Å². The SMILES string of the molecule is NC(=O)CC(CC(O)C(O)C(O)C(O)CO)C(N)=O. The summed E-state index contributed by atoms with van der Waals surface area (Å²) in [5.74, 6) is -2.79. The first-order valence-corrected chi connectivity index (χ1v) is 5.61. The molecule has 9 heteroatoms. The standard InChI is InChI=1S/C10H20N2O7/c11-7(16)2-4(10(12)19)1-5(14)8(17)9(18)6(15)3-13/h4-6,8-9,13-15,17-18H,1-3H2,(H2,11,16)(H2,12,19). The average Bonchev–Trinajstić information content (AvgIpc) is 2.34. The van der Waals surface area contributed by atoms with Gasteiger partial charge in [-0.3, -0.25) is 9.59 Å². The molecule has 5 unspecified atom stereocenters. The van der Waals surface area contributed by atoms with Crippen LogP contribution in [0, 0.1) is 5.92 Å². The maximum absolute atomic E-state index is 11.0. The van der Waals surface area contributed by atoms with E-state index in [9.17, 15) is 24.9 Å². The van der Waals surface area contributed by atoms with E-state index in [1.807, 2.05) is 0 Å². The van der Waals surface area contributed by atoms with E-state index in [1.54, 1.807) is 0 Å². The Morgan fingerprint density at radius 1 is 0.947 bits per heavy atom. The van der Waals surface area contributed by atoms with Gasteiger partial charge in [0.2, 0.25) is 11.8 Å². The lowest BCUT2D eigenvalue weighted by Gasteiger charge is -2.27. The molecule has 19 heavy (non-hydrogen) atoms. The van der Waals surface area contributed by atoms with Crippen LogP contribution in [0.2, 0.25) is 0 Å². The minimum atomic E-state index is -1.81. The normalized spacial score (nSPS) is 19.2. The van der Waals surface area contributed by atoms with E-state index in [-0.39, 0.29) is 0 Å². The van der Waals surface area contributed by atoms with Gasteiger partial charge in [0.15, 0.2) is 0 Å². The van der Waals surface area contributed by atoms with E-state index in [1.165, 1.54) is 0 Å². The van der Waals surface area contributed by atoms with Gasteiger partial charge >= 0.3 is 0 Å². The van der Waals surface area contributed by atoms with E-state index in [4.69, 9.17) is 21.7 Å². The van der Waals surface area contributed by atoms with Crippen LogP contribution in [-0.2, 0) is 9.59 Å². The highest BCUT2D eigenvalue weighted by atomic mass is 16.4. The van der Waals surface area contributed by atoms with Crippen molar-refractivity contribution in [2.45, 2.75) is 37.3 Å². The maximum Gasteiger partial charge on any atom is 0.221 e. The first-order valence-electron chi connectivity index (χ1n) is 5.61. The van der Waals surface area contributed by atoms with Crippen LogP contribution in [-0.4, -0.2) is 68.4 Å². The largest absolute Gasteiger partial charge is 0.394 e. The predicted octanol–water partition coefficient (Wildman–Crippen LogP) is -4.21. The van der Waals surface area contributed by atoms with E-state index >= 15 is 0 Å². The molecule has 0 aromatic carbocycles. The predicted molar refractivity (Wildman–Crippen MR) is 62.2 cm³/mol. The molecule has 0 heterocycles. The van der Waals surface area contributed by atoms with Gasteiger partial charge in [-0.1, -0.05) is 0 Å². The summed E-state index contributed by atoms with van der Waals surface area (Å²) in [5.41, 5.74) is 9.90. The fourth-order valence-corrected chi connectivity index (χ4v) is 1.54. The van der Waals surface area contributed by atoms with Crippen LogP contribution in [0.15, 0.2) is 0 Å². The summed E-state index contributed by atoms with van der Waals surface area (Å²) in [6.07, 6.45) is -7.69. The molecule has 2 amide bonds. The Balaban J connectivity index is 4.58. The van der Waals surface area contributed by atoms with Gasteiger partial charge in [0.25, 0.3) is 0 Å². The molecular formula is C10H20N2O7. The highest BCUT2D eigenvalue weighted by Crippen LogP contribution is 2.16. The Hall–Kier alpha value is -1.26. The van der Waals surface area contributed by atoms with Crippen molar-refractivity contribution < 1.29 is 35.1 Å². The number of aliphatic hydroxyl groups is 5. The Kier molecular flexibility index (Phi) is 7.49. The Morgan fingerprint density at radius 2 is 1.42 bits per heavy atom. The molecule has 0 saturated carbocycles. The number of hydrogen-bond acceptors (Lipinski definition) is 7. The molecule has 0 aromatic heterocycles. The molecular weight excluding hydrogens is 260 g/mol. The average molecular weight is 280 g/mol. The highest BCUT2D eigenvalue weighted by molar-refractivity contribution is 5.83. The summed E-state index contributed by atoms with van der Waals surface area (Å²) < 4.78 is 0. The van der Waals surface area contributed by atoms with Crippen molar-refractivity contribution in [3.8, 4) is 0 Å². The van der Waals surface area contributed by atoms with Gasteiger partial charge in [0, 0.05) is 12.3 Å². The number of amides is 2. The second-order valence-electron chi connectivity index (χ2n) is 4.30. The van der Waals surface area contributed by atoms with E-state index in [2.05, 4.69) is 0 Å². The number of carbonyl (C=O) groups is 2. The molecule has 0 aliphatic heterocycles. The van der Waals surface area contributed by atoms with Crippen LogP contribution in [0.25, 0.3) is 0 Å². The van der Waals surface area contributed by atoms with Gasteiger partial charge in [-0.25, -0.2) is 0 Å². The molecule has 0 rings (SSSR count). The number of hydrogen-bond donors (Lipinski definition) is 7. The topological polar surface area (TPSA) is 187 Å². The molecule has 0 bridgehead atoms. The monoisotopic (exact) mass is 280 g/mol. The van der Waals surface area contributed by atoms with Crippen LogP contribution in [0.3, 0.4) is 0 Å². The second-order valence-corrected chi connectivity index (χ2v) is 4.30. The lowest BCUT2D eigenvalue weighted by molar-refractivity contribution is -0.133. The molecule has 112 valence electrons. The smallest absolute Gasteiger partial charge is 0.221 e. The van der Waals surface area contributed by atoms with Crippen molar-refractivity contribution in [3.05, 3.63) is 0 Å². The van der Waals surface area contributed by atoms with E-state index in [0.29, 0.717) is 0 Å². The summed E-state index contributed by atoms with van der Waals surface area (Å²) in [4.78, 5) is 21.7. The van der Waals surface area contributed by atoms with Crippen molar-refractivity contribution in [1.82, 2.24) is 0 Å². The molecule has 9 N–H and O–H groups in total. The Morgan fingerprint density at radius 3 is 1.79 bits per heavy atom. The first kappa shape index (κ1) is 17.7. The van der Waals surface area contributed by atoms with Crippen molar-refractivity contribution >= 4 is 11.8 Å². The molecule has 0 aliphatic carbocycles. The number of nitrogens with two attached hydrogens (primary N) is 2. The maximum atomic E-state index is 11.0. The molecule has 0 spiro atoms. The van der Waals surface area contributed by atoms with Gasteiger partial charge in [-0.2, -0.15) is 0 Å². The van der Waals surface area contributed by atoms with Crippen LogP contribution in [0.1, 0.15) is 12.8 Å². The van der Waals surface area contributed by atoms with E-state index in [0.717, 1.165) is 0 Å². The summed E-state index contributed by atoms with van der Waals surface area (Å²) >= 11 is 0. The molecule has 0 radical (unpaired) electrons. The van der Waals surface area contributed by atoms with Gasteiger partial charge in [0.05, 0.1) is 12.7 Å². The molecule has 0 fully saturated rings. The van der Waals surface area contributed by atoms with Gasteiger partial charge in [-0.05, 0) is 6.42 Å². The second kappa shape index (κ2) is 8.02. The Labute approximate surface area is 109 Å². The fourth-order valence-electron chi connectivity index (χ4n) is 1.54. The van der Waals surface area contributed by atoms with Crippen molar-refractivity contribution in [2.75, 3.05) is 6.61 Å². The fraction of sp³-hybridized carbons (Fsp3) is 0.800. The summed E-state index contributed by atoms with van der Waals surface area (Å²) in [6.45, 7) is -0.814. The quantitative estimate of drug-likeness (QED) is 0.223. The summed E-state index contributed by atoms with van der Waals surface area (Å²) in [5, 5.41) is 46.2. The minimum absolute atomic E-state index is 0.405. The van der Waals surface area contributed by atoms with Gasteiger partial charge in [0.1, 0.15) is 18.3 Å². The number of carbonyl (C=O) groups excluding carboxylic acids is 2. The van der Waals surface area contributed by atoms with Crippen LogP contribution >= 0.6 is 0 Å². The van der Waals surface area contributed by atoms with E-state index < -0.39 is 61.6 Å². The zero-order valence-corrected chi connectivity index (χ0v) is 10.2. The van der Waals surface area contributed by atoms with Gasteiger partial charge in [-0.15, -0.1) is 0 Å².